The van der Waals surface area contributed by atoms with E-state index in [0.29, 0.717) is 22.2 Å². The van der Waals surface area contributed by atoms with E-state index < -0.39 is 17.6 Å². The van der Waals surface area contributed by atoms with Crippen molar-refractivity contribution in [2.75, 3.05) is 0 Å². The number of carbonyl (C=O) groups excluding carboxylic acids is 1. The van der Waals surface area contributed by atoms with Crippen LogP contribution in [0.15, 0.2) is 42.6 Å². The minimum atomic E-state index is -4.61. The number of fused-ring (bicyclic) bond motifs is 1. The second-order valence-corrected chi connectivity index (χ2v) is 6.07. The SMILES string of the molecule is Cc1cc(C(=O)NCc2ccccn2)nc2c(C(F)(F)F)cc(CN)cc12. The van der Waals surface area contributed by atoms with E-state index in [1.54, 1.807) is 37.4 Å². The van der Waals surface area contributed by atoms with Crippen molar-refractivity contribution in [3.63, 3.8) is 0 Å². The lowest BCUT2D eigenvalue weighted by molar-refractivity contribution is -0.136. The summed E-state index contributed by atoms with van der Waals surface area (Å²) >= 11 is 0. The van der Waals surface area contributed by atoms with Crippen molar-refractivity contribution in [3.8, 4) is 0 Å². The van der Waals surface area contributed by atoms with Gasteiger partial charge in [0.05, 0.1) is 23.3 Å². The van der Waals surface area contributed by atoms with Gasteiger partial charge in [-0.15, -0.1) is 0 Å². The number of alkyl halides is 3. The number of halogens is 3. The third-order valence-electron chi connectivity index (χ3n) is 4.11. The number of aryl methyl sites for hydroxylation is 1. The van der Waals surface area contributed by atoms with Crippen LogP contribution in [-0.2, 0) is 19.3 Å². The van der Waals surface area contributed by atoms with Crippen LogP contribution in [0.5, 0.6) is 0 Å². The number of amides is 1. The summed E-state index contributed by atoms with van der Waals surface area (Å²) in [7, 11) is 0. The average Bonchev–Trinajstić information content (AvgIpc) is 2.65. The molecule has 0 saturated carbocycles. The fraction of sp³-hybridized carbons (Fsp3) is 0.211. The molecule has 27 heavy (non-hydrogen) atoms. The minimum Gasteiger partial charge on any atom is -0.345 e. The van der Waals surface area contributed by atoms with Crippen molar-refractivity contribution >= 4 is 16.8 Å². The van der Waals surface area contributed by atoms with Gasteiger partial charge in [-0.05, 0) is 48.4 Å². The van der Waals surface area contributed by atoms with Gasteiger partial charge in [-0.25, -0.2) is 4.98 Å². The van der Waals surface area contributed by atoms with Gasteiger partial charge in [0.25, 0.3) is 5.91 Å². The Morgan fingerprint density at radius 3 is 2.63 bits per heavy atom. The molecule has 0 aliphatic rings. The van der Waals surface area contributed by atoms with Crippen molar-refractivity contribution in [3.05, 3.63) is 70.7 Å². The maximum Gasteiger partial charge on any atom is 0.418 e. The number of pyridine rings is 2. The van der Waals surface area contributed by atoms with Crippen LogP contribution in [0.1, 0.15) is 32.9 Å². The van der Waals surface area contributed by atoms with Crippen LogP contribution < -0.4 is 11.1 Å². The molecule has 0 aliphatic heterocycles. The predicted molar refractivity (Wildman–Crippen MR) is 94.8 cm³/mol. The molecule has 140 valence electrons. The van der Waals surface area contributed by atoms with Gasteiger partial charge in [0.2, 0.25) is 0 Å². The van der Waals surface area contributed by atoms with Crippen LogP contribution in [0, 0.1) is 6.92 Å². The molecule has 5 nitrogen and oxygen atoms in total. The van der Waals surface area contributed by atoms with Crippen molar-refractivity contribution in [2.45, 2.75) is 26.2 Å². The molecule has 2 aromatic heterocycles. The lowest BCUT2D eigenvalue weighted by Gasteiger charge is -2.14. The van der Waals surface area contributed by atoms with Crippen LogP contribution in [0.4, 0.5) is 13.2 Å². The monoisotopic (exact) mass is 374 g/mol. The number of rotatable bonds is 4. The van der Waals surface area contributed by atoms with E-state index in [1.165, 1.54) is 6.07 Å². The molecule has 3 rings (SSSR count). The highest BCUT2D eigenvalue weighted by molar-refractivity contribution is 5.96. The summed E-state index contributed by atoms with van der Waals surface area (Å²) in [5, 5.41) is 2.95. The van der Waals surface area contributed by atoms with E-state index in [1.807, 2.05) is 0 Å². The zero-order chi connectivity index (χ0) is 19.6. The zero-order valence-corrected chi connectivity index (χ0v) is 14.5. The van der Waals surface area contributed by atoms with Crippen molar-refractivity contribution < 1.29 is 18.0 Å². The first kappa shape index (κ1) is 18.8. The van der Waals surface area contributed by atoms with E-state index in [9.17, 15) is 18.0 Å². The Morgan fingerprint density at radius 2 is 2.00 bits per heavy atom. The standard InChI is InChI=1S/C19H17F3N4O/c1-11-6-16(18(27)25-10-13-4-2-3-5-24-13)26-17-14(11)7-12(9-23)8-15(17)19(20,21)22/h2-8H,9-10,23H2,1H3,(H,25,27). The molecule has 1 aromatic carbocycles. The number of nitrogens with one attached hydrogen (secondary N) is 1. The van der Waals surface area contributed by atoms with Crippen LogP contribution in [-0.4, -0.2) is 15.9 Å². The third-order valence-corrected chi connectivity index (χ3v) is 4.11. The second kappa shape index (κ2) is 7.32. The number of aromatic nitrogens is 2. The van der Waals surface area contributed by atoms with Crippen LogP contribution in [0.3, 0.4) is 0 Å². The van der Waals surface area contributed by atoms with Crippen LogP contribution >= 0.6 is 0 Å². The van der Waals surface area contributed by atoms with Crippen LogP contribution in [0.25, 0.3) is 10.9 Å². The zero-order valence-electron chi connectivity index (χ0n) is 14.5. The molecule has 0 bridgehead atoms. The van der Waals surface area contributed by atoms with Gasteiger partial charge >= 0.3 is 6.18 Å². The fourth-order valence-corrected chi connectivity index (χ4v) is 2.77. The first-order chi connectivity index (χ1) is 12.8. The summed E-state index contributed by atoms with van der Waals surface area (Å²) in [5.74, 6) is -0.568. The molecule has 8 heteroatoms. The highest BCUT2D eigenvalue weighted by atomic mass is 19.4. The number of hydrogen-bond acceptors (Lipinski definition) is 4. The highest BCUT2D eigenvalue weighted by Crippen LogP contribution is 2.36. The third kappa shape index (κ3) is 4.06. The summed E-state index contributed by atoms with van der Waals surface area (Å²) in [6.45, 7) is 1.77. The Hall–Kier alpha value is -3.00. The Morgan fingerprint density at radius 1 is 1.22 bits per heavy atom. The number of nitrogens with zero attached hydrogens (tertiary/aromatic N) is 2. The number of benzene rings is 1. The Bertz CT molecular complexity index is 988. The van der Waals surface area contributed by atoms with E-state index in [4.69, 9.17) is 5.73 Å². The van der Waals surface area contributed by atoms with Crippen molar-refractivity contribution in [2.24, 2.45) is 5.73 Å². The highest BCUT2D eigenvalue weighted by Gasteiger charge is 2.34. The molecule has 0 radical (unpaired) electrons. The van der Waals surface area contributed by atoms with Gasteiger partial charge in [0.1, 0.15) is 5.69 Å². The van der Waals surface area contributed by atoms with Crippen LogP contribution in [0.2, 0.25) is 0 Å². The molecule has 0 saturated heterocycles. The van der Waals surface area contributed by atoms with Gasteiger partial charge in [0.15, 0.2) is 0 Å². The van der Waals surface area contributed by atoms with E-state index >= 15 is 0 Å². The van der Waals surface area contributed by atoms with Crippen molar-refractivity contribution in [1.82, 2.24) is 15.3 Å². The molecule has 0 fully saturated rings. The summed E-state index contributed by atoms with van der Waals surface area (Å²) in [5.41, 5.74) is 5.78. The van der Waals surface area contributed by atoms with E-state index in [-0.39, 0.29) is 24.3 Å². The topological polar surface area (TPSA) is 80.9 Å². The Balaban J connectivity index is 2.01. The van der Waals surface area contributed by atoms with E-state index in [2.05, 4.69) is 15.3 Å². The molecule has 1 amide bonds. The maximum absolute atomic E-state index is 13.5. The molecule has 2 heterocycles. The number of nitrogens with two attached hydrogens (primary N) is 1. The van der Waals surface area contributed by atoms with Gasteiger partial charge in [-0.3, -0.25) is 9.78 Å². The first-order valence-electron chi connectivity index (χ1n) is 8.19. The average molecular weight is 374 g/mol. The van der Waals surface area contributed by atoms with Gasteiger partial charge in [-0.1, -0.05) is 6.07 Å². The smallest absolute Gasteiger partial charge is 0.345 e. The second-order valence-electron chi connectivity index (χ2n) is 6.07. The molecule has 3 aromatic rings. The minimum absolute atomic E-state index is 0.0230. The fourth-order valence-electron chi connectivity index (χ4n) is 2.77. The molecule has 0 aliphatic carbocycles. The Kier molecular flexibility index (Phi) is 5.09. The van der Waals surface area contributed by atoms with Gasteiger partial charge in [-0.2, -0.15) is 13.2 Å². The molecule has 0 spiro atoms. The summed E-state index contributed by atoms with van der Waals surface area (Å²) in [4.78, 5) is 20.5. The van der Waals surface area contributed by atoms with Gasteiger partial charge < -0.3 is 11.1 Å². The lowest BCUT2D eigenvalue weighted by atomic mass is 10.0. The van der Waals surface area contributed by atoms with Gasteiger partial charge in [0, 0.05) is 18.1 Å². The number of carbonyl (C=O) groups is 1. The molecule has 0 unspecified atom stereocenters. The quantitative estimate of drug-likeness (QED) is 0.734. The predicted octanol–water partition coefficient (Wildman–Crippen LogP) is 3.35. The van der Waals surface area contributed by atoms with E-state index in [0.717, 1.165) is 6.07 Å². The summed E-state index contributed by atoms with van der Waals surface area (Å²) in [6, 6.07) is 9.27. The molecule has 3 N–H and O–H groups in total. The Labute approximate surface area is 153 Å². The maximum atomic E-state index is 13.5. The molecular formula is C19H17F3N4O. The van der Waals surface area contributed by atoms with Crippen molar-refractivity contribution in [1.29, 1.82) is 0 Å². The normalized spacial score (nSPS) is 11.6. The lowest BCUT2D eigenvalue weighted by Crippen LogP contribution is -2.24. The first-order valence-corrected chi connectivity index (χ1v) is 8.19. The summed E-state index contributed by atoms with van der Waals surface area (Å²) in [6.07, 6.45) is -3.02. The summed E-state index contributed by atoms with van der Waals surface area (Å²) < 4.78 is 40.4. The molecular weight excluding hydrogens is 357 g/mol. The number of hydrogen-bond donors (Lipinski definition) is 2. The largest absolute Gasteiger partial charge is 0.418 e. The molecule has 0 atom stereocenters.